The van der Waals surface area contributed by atoms with Crippen molar-refractivity contribution >= 4 is 47.4 Å². The molecule has 238 valence electrons. The first kappa shape index (κ1) is 37.6. The van der Waals surface area contributed by atoms with Crippen LogP contribution in [0.5, 0.6) is 0 Å². The van der Waals surface area contributed by atoms with E-state index in [1.54, 1.807) is 0 Å². The summed E-state index contributed by atoms with van der Waals surface area (Å²) in [7, 11) is 1.44. The number of carbonyl (C=O) groups is 8. The molecule has 5 atom stereocenters. The molecule has 0 aromatic heterocycles. The molecule has 19 nitrogen and oxygen atoms in total. The van der Waals surface area contributed by atoms with Gasteiger partial charge in [-0.05, 0) is 39.8 Å². The Kier molecular flexibility index (Phi) is 17.6. The summed E-state index contributed by atoms with van der Waals surface area (Å²) in [5.74, 6) is -9.55. The normalized spacial score (nSPS) is 14.2. The number of carboxylic acid groups (broad SMARTS) is 3. The zero-order chi connectivity index (χ0) is 32.4. The summed E-state index contributed by atoms with van der Waals surface area (Å²) in [5.41, 5.74) is 5.36. The Hall–Kier alpha value is -4.36. The molecule has 0 saturated heterocycles. The van der Waals surface area contributed by atoms with Crippen LogP contribution in [-0.4, -0.2) is 125 Å². The predicted octanol–water partition coefficient (Wildman–Crippen LogP) is -5.20. The summed E-state index contributed by atoms with van der Waals surface area (Å²) >= 11 is 0. The van der Waals surface area contributed by atoms with Gasteiger partial charge in [0, 0.05) is 0 Å². The molecule has 0 aromatic rings. The molecule has 19 heteroatoms. The van der Waals surface area contributed by atoms with Crippen LogP contribution in [0.4, 0.5) is 0 Å². The maximum absolute atomic E-state index is 12.7. The lowest BCUT2D eigenvalue weighted by molar-refractivity contribution is -0.143. The number of nitrogens with one attached hydrogen (secondary N) is 6. The fourth-order valence-electron chi connectivity index (χ4n) is 3.22. The highest BCUT2D eigenvalue weighted by Gasteiger charge is 2.32. The van der Waals surface area contributed by atoms with Crippen molar-refractivity contribution < 1.29 is 58.8 Å². The number of carboxylic acids is 3. The summed E-state index contributed by atoms with van der Waals surface area (Å²) in [5, 5.41) is 50.2. The van der Waals surface area contributed by atoms with Gasteiger partial charge in [0.1, 0.15) is 24.2 Å². The van der Waals surface area contributed by atoms with E-state index in [1.165, 1.54) is 14.0 Å². The number of amides is 5. The topological polar surface area (TPSA) is 316 Å². The van der Waals surface area contributed by atoms with Gasteiger partial charge in [0.25, 0.3) is 0 Å². The second kappa shape index (κ2) is 19.7. The van der Waals surface area contributed by atoms with E-state index in [-0.39, 0.29) is 6.42 Å². The smallest absolute Gasteiger partial charge is 0.326 e. The largest absolute Gasteiger partial charge is 0.481 e. The number of hydrogen-bond donors (Lipinski definition) is 11. The molecule has 12 N–H and O–H groups in total. The summed E-state index contributed by atoms with van der Waals surface area (Å²) < 4.78 is 0. The van der Waals surface area contributed by atoms with E-state index in [1.807, 2.05) is 10.6 Å². The van der Waals surface area contributed by atoms with E-state index in [0.717, 1.165) is 0 Å². The van der Waals surface area contributed by atoms with Crippen LogP contribution in [0.2, 0.25) is 0 Å². The van der Waals surface area contributed by atoms with E-state index in [4.69, 9.17) is 15.9 Å². The van der Waals surface area contributed by atoms with Crippen LogP contribution in [0, 0.1) is 0 Å². The van der Waals surface area contributed by atoms with Crippen molar-refractivity contribution in [3.8, 4) is 0 Å². The van der Waals surface area contributed by atoms with Gasteiger partial charge in [0.2, 0.25) is 29.5 Å². The lowest BCUT2D eigenvalue weighted by Gasteiger charge is -2.24. The molecule has 0 saturated carbocycles. The monoisotopic (exact) mass is 605 g/mol. The maximum Gasteiger partial charge on any atom is 0.326 e. The summed E-state index contributed by atoms with van der Waals surface area (Å²) in [6, 6.07) is -7.34. The van der Waals surface area contributed by atoms with Gasteiger partial charge < -0.3 is 58.1 Å². The van der Waals surface area contributed by atoms with Crippen molar-refractivity contribution in [3.05, 3.63) is 0 Å². The molecule has 0 aliphatic carbocycles. The Morgan fingerprint density at radius 2 is 1.19 bits per heavy atom. The van der Waals surface area contributed by atoms with Gasteiger partial charge in [-0.3, -0.25) is 33.6 Å². The van der Waals surface area contributed by atoms with Crippen molar-refractivity contribution in [2.24, 2.45) is 5.73 Å². The second-order valence-corrected chi connectivity index (χ2v) is 9.03. The molecule has 0 aliphatic rings. The number of nitrogens with two attached hydrogens (primary N) is 1. The first-order valence-corrected chi connectivity index (χ1v) is 12.8. The lowest BCUT2D eigenvalue weighted by Crippen LogP contribution is -2.59. The maximum atomic E-state index is 12.7. The van der Waals surface area contributed by atoms with Crippen LogP contribution in [0.3, 0.4) is 0 Å². The minimum absolute atomic E-state index is 0.0731. The van der Waals surface area contributed by atoms with Gasteiger partial charge in [-0.25, -0.2) is 4.79 Å². The average molecular weight is 606 g/mol. The third kappa shape index (κ3) is 14.9. The number of rotatable bonds is 21. The van der Waals surface area contributed by atoms with Crippen molar-refractivity contribution in [1.82, 2.24) is 31.9 Å². The Morgan fingerprint density at radius 1 is 0.690 bits per heavy atom. The zero-order valence-corrected chi connectivity index (χ0v) is 23.2. The van der Waals surface area contributed by atoms with Gasteiger partial charge in [-0.2, -0.15) is 0 Å². The number of aliphatic hydroxyl groups is 1. The molecule has 0 aliphatic heterocycles. The molecule has 0 rings (SSSR count). The number of aliphatic carboxylic acids is 3. The summed E-state index contributed by atoms with van der Waals surface area (Å²) in [4.78, 5) is 95.9. The molecular weight excluding hydrogens is 566 g/mol. The first-order valence-electron chi connectivity index (χ1n) is 12.8. The molecule has 0 unspecified atom stereocenters. The standard InChI is InChI=1S/C23H39N7O12/c1-11(25-2)19(37)28-14(8-18(35)36)21(39)30-15(10-31)22(40)29-13(7-17(33)34)20(38)26-9-16(32)27-12(23(41)42)5-3-4-6-24/h11-15,25,31H,3-10,24H2,1-2H3,(H,26,38)(H,27,32)(H,28,37)(H,29,40)(H,30,39)(H,33,34)(H,35,36)(H,41,42)/t11-,12-,13-,14-,15-/m0/s1. The Morgan fingerprint density at radius 3 is 1.67 bits per heavy atom. The molecule has 5 amide bonds. The van der Waals surface area contributed by atoms with Crippen LogP contribution in [0.25, 0.3) is 0 Å². The predicted molar refractivity (Wildman–Crippen MR) is 141 cm³/mol. The lowest BCUT2D eigenvalue weighted by atomic mass is 10.1. The summed E-state index contributed by atoms with van der Waals surface area (Å²) in [6.45, 7) is -0.0838. The van der Waals surface area contributed by atoms with Crippen molar-refractivity contribution in [3.63, 3.8) is 0 Å². The molecule has 0 heterocycles. The van der Waals surface area contributed by atoms with Gasteiger partial charge in [0.15, 0.2) is 0 Å². The number of aliphatic hydroxyl groups excluding tert-OH is 1. The second-order valence-electron chi connectivity index (χ2n) is 9.03. The van der Waals surface area contributed by atoms with Gasteiger partial charge in [0.05, 0.1) is 32.0 Å². The molecule has 0 bridgehead atoms. The van der Waals surface area contributed by atoms with Crippen LogP contribution in [0.1, 0.15) is 39.0 Å². The van der Waals surface area contributed by atoms with Crippen LogP contribution in [-0.2, 0) is 38.4 Å². The average Bonchev–Trinajstić information content (AvgIpc) is 2.91. The fourth-order valence-corrected chi connectivity index (χ4v) is 3.22. The molecule has 42 heavy (non-hydrogen) atoms. The van der Waals surface area contributed by atoms with Gasteiger partial charge in [-0.1, -0.05) is 0 Å². The minimum atomic E-state index is -1.81. The molecule has 0 aromatic carbocycles. The third-order valence-electron chi connectivity index (χ3n) is 5.67. The zero-order valence-electron chi connectivity index (χ0n) is 23.2. The Bertz CT molecular complexity index is 993. The third-order valence-corrected chi connectivity index (χ3v) is 5.67. The van der Waals surface area contributed by atoms with Crippen LogP contribution < -0.4 is 37.6 Å². The minimum Gasteiger partial charge on any atom is -0.481 e. The number of carbonyl (C=O) groups excluding carboxylic acids is 5. The molecular formula is C23H39N7O12. The van der Waals surface area contributed by atoms with E-state index < -0.39 is 104 Å². The molecule has 0 spiro atoms. The van der Waals surface area contributed by atoms with Crippen molar-refractivity contribution in [1.29, 1.82) is 0 Å². The van der Waals surface area contributed by atoms with E-state index >= 15 is 0 Å². The van der Waals surface area contributed by atoms with E-state index in [2.05, 4.69) is 21.3 Å². The van der Waals surface area contributed by atoms with Crippen LogP contribution >= 0.6 is 0 Å². The van der Waals surface area contributed by atoms with E-state index in [9.17, 15) is 48.6 Å². The van der Waals surface area contributed by atoms with Crippen molar-refractivity contribution in [2.75, 3.05) is 26.7 Å². The molecule has 0 fully saturated rings. The summed E-state index contributed by atoms with van der Waals surface area (Å²) in [6.07, 6.45) is -0.860. The van der Waals surface area contributed by atoms with E-state index in [0.29, 0.717) is 19.4 Å². The quantitative estimate of drug-likeness (QED) is 0.0545. The number of unbranched alkanes of at least 4 members (excludes halogenated alkanes) is 1. The Labute approximate surface area is 240 Å². The van der Waals surface area contributed by atoms with Crippen molar-refractivity contribution in [2.45, 2.75) is 69.2 Å². The highest BCUT2D eigenvalue weighted by Crippen LogP contribution is 2.02. The number of likely N-dealkylation sites (N-methyl/N-ethyl adjacent to an activating group) is 1. The van der Waals surface area contributed by atoms with Gasteiger partial charge in [-0.15, -0.1) is 0 Å². The number of hydrogen-bond acceptors (Lipinski definition) is 11. The highest BCUT2D eigenvalue weighted by atomic mass is 16.4. The Balaban J connectivity index is 5.39. The highest BCUT2D eigenvalue weighted by molar-refractivity contribution is 5.97. The molecule has 0 radical (unpaired) electrons. The fraction of sp³-hybridized carbons (Fsp3) is 0.652. The first-order chi connectivity index (χ1) is 19.7. The SMILES string of the molecule is CN[C@@H](C)C(=O)N[C@@H](CC(=O)O)C(=O)N[C@@H](CO)C(=O)N[C@@H](CC(=O)O)C(=O)NCC(=O)N[C@@H](CCCCN)C(=O)O. The van der Waals surface area contributed by atoms with Crippen LogP contribution in [0.15, 0.2) is 0 Å². The van der Waals surface area contributed by atoms with Gasteiger partial charge >= 0.3 is 17.9 Å².